The van der Waals surface area contributed by atoms with Gasteiger partial charge in [0.1, 0.15) is 0 Å². The Labute approximate surface area is 120 Å². The summed E-state index contributed by atoms with van der Waals surface area (Å²) in [5.74, 6) is 0. The predicted octanol–water partition coefficient (Wildman–Crippen LogP) is 5.57. The lowest BCUT2D eigenvalue weighted by Gasteiger charge is -2.00. The number of hydrogen-bond donors (Lipinski definition) is 1. The molecular weight excluding hydrogens is 232 g/mol. The normalized spacial score (nSPS) is 14.1. The Kier molecular flexibility index (Phi) is 14.6. The fraction of sp³-hybridized carbons (Fsp3) is 0.667. The summed E-state index contributed by atoms with van der Waals surface area (Å²) in [6.45, 7) is 4.41. The van der Waals surface area contributed by atoms with Crippen LogP contribution in [0.5, 0.6) is 0 Å². The summed E-state index contributed by atoms with van der Waals surface area (Å²) < 4.78 is 0. The van der Waals surface area contributed by atoms with E-state index in [9.17, 15) is 5.11 Å². The van der Waals surface area contributed by atoms with Crippen molar-refractivity contribution in [1.29, 1.82) is 0 Å². The van der Waals surface area contributed by atoms with Gasteiger partial charge < -0.3 is 5.11 Å². The summed E-state index contributed by atoms with van der Waals surface area (Å²) in [5, 5.41) is 9.69. The lowest BCUT2D eigenvalue weighted by molar-refractivity contribution is 0.226. The molecule has 0 spiro atoms. The molecule has 1 nitrogen and oxygen atoms in total. The van der Waals surface area contributed by atoms with Crippen molar-refractivity contribution in [2.45, 2.75) is 77.7 Å². The molecule has 110 valence electrons. The zero-order valence-corrected chi connectivity index (χ0v) is 12.9. The Balaban J connectivity index is 3.48. The van der Waals surface area contributed by atoms with Crippen LogP contribution >= 0.6 is 0 Å². The molecule has 0 radical (unpaired) electrons. The van der Waals surface area contributed by atoms with Crippen LogP contribution in [0.25, 0.3) is 0 Å². The molecule has 1 heteroatoms. The highest BCUT2D eigenvalue weighted by Gasteiger charge is 1.93. The van der Waals surface area contributed by atoms with Gasteiger partial charge >= 0.3 is 0 Å². The second-order valence-corrected chi connectivity index (χ2v) is 5.05. The van der Waals surface area contributed by atoms with Gasteiger partial charge in [-0.15, -0.1) is 0 Å². The molecule has 0 aliphatic heterocycles. The molecule has 0 aliphatic rings. The van der Waals surface area contributed by atoms with Crippen LogP contribution in [-0.4, -0.2) is 11.2 Å². The molecule has 0 rings (SSSR count). The number of hydrogen-bond acceptors (Lipinski definition) is 1. The van der Waals surface area contributed by atoms with Crippen molar-refractivity contribution < 1.29 is 5.11 Å². The molecule has 19 heavy (non-hydrogen) atoms. The van der Waals surface area contributed by atoms with Gasteiger partial charge in [-0.3, -0.25) is 0 Å². The lowest BCUT2D eigenvalue weighted by atomic mass is 10.1. The number of unbranched alkanes of at least 4 members (excludes halogenated alkanes) is 5. The number of allylic oxidation sites excluding steroid dienone is 4. The average Bonchev–Trinajstić information content (AvgIpc) is 2.42. The van der Waals surface area contributed by atoms with E-state index in [1.54, 1.807) is 0 Å². The maximum absolute atomic E-state index is 9.69. The van der Waals surface area contributed by atoms with E-state index in [1.165, 1.54) is 38.5 Å². The lowest BCUT2D eigenvalue weighted by Crippen LogP contribution is -1.98. The van der Waals surface area contributed by atoms with Gasteiger partial charge in [-0.1, -0.05) is 76.0 Å². The molecule has 0 aromatic heterocycles. The van der Waals surface area contributed by atoms with E-state index >= 15 is 0 Å². The predicted molar refractivity (Wildman–Crippen MR) is 86.3 cm³/mol. The first kappa shape index (κ1) is 18.2. The van der Waals surface area contributed by atoms with E-state index in [1.807, 2.05) is 6.08 Å². The summed E-state index contributed by atoms with van der Waals surface area (Å²) in [4.78, 5) is 0. The molecule has 1 N–H and O–H groups in total. The summed E-state index contributed by atoms with van der Waals surface area (Å²) in [5.41, 5.74) is 0. The number of rotatable bonds is 12. The van der Waals surface area contributed by atoms with Gasteiger partial charge in [0.05, 0.1) is 6.10 Å². The zero-order chi connectivity index (χ0) is 14.2. The van der Waals surface area contributed by atoms with Crippen LogP contribution in [0.4, 0.5) is 0 Å². The smallest absolute Gasteiger partial charge is 0.0755 e. The summed E-state index contributed by atoms with van der Waals surface area (Å²) in [7, 11) is 0. The van der Waals surface area contributed by atoms with Crippen LogP contribution < -0.4 is 0 Å². The first-order valence-electron chi connectivity index (χ1n) is 7.96. The van der Waals surface area contributed by atoms with Gasteiger partial charge in [0.15, 0.2) is 0 Å². The minimum atomic E-state index is -0.318. The fourth-order valence-electron chi connectivity index (χ4n) is 1.79. The largest absolute Gasteiger partial charge is 0.389 e. The first-order valence-corrected chi connectivity index (χ1v) is 7.96. The molecule has 0 bridgehead atoms. The highest BCUT2D eigenvalue weighted by Crippen LogP contribution is 2.02. The van der Waals surface area contributed by atoms with Gasteiger partial charge in [0, 0.05) is 0 Å². The molecule has 0 aliphatic carbocycles. The van der Waals surface area contributed by atoms with E-state index in [-0.39, 0.29) is 6.10 Å². The van der Waals surface area contributed by atoms with Crippen LogP contribution in [0.2, 0.25) is 0 Å². The van der Waals surface area contributed by atoms with Crippen molar-refractivity contribution in [2.24, 2.45) is 0 Å². The highest BCUT2D eigenvalue weighted by molar-refractivity contribution is 4.97. The minimum absolute atomic E-state index is 0.318. The number of aliphatic hydroxyl groups is 1. The molecule has 1 atom stereocenters. The molecule has 0 saturated carbocycles. The molecule has 0 aromatic carbocycles. The molecule has 0 saturated heterocycles. The average molecular weight is 264 g/mol. The molecule has 0 fully saturated rings. The Morgan fingerprint density at radius 3 is 2.21 bits per heavy atom. The summed E-state index contributed by atoms with van der Waals surface area (Å²) >= 11 is 0. The third-order valence-corrected chi connectivity index (χ3v) is 3.04. The van der Waals surface area contributed by atoms with Gasteiger partial charge in [-0.05, 0) is 32.1 Å². The van der Waals surface area contributed by atoms with Gasteiger partial charge in [-0.2, -0.15) is 0 Å². The van der Waals surface area contributed by atoms with E-state index in [4.69, 9.17) is 0 Å². The van der Waals surface area contributed by atoms with E-state index in [2.05, 4.69) is 44.2 Å². The SMILES string of the molecule is CCCC/C=C/C(O)C/C=C\C/C=C\CCCCC. The molecular formula is C18H32O. The van der Waals surface area contributed by atoms with Gasteiger partial charge in [0.25, 0.3) is 0 Å². The van der Waals surface area contributed by atoms with Crippen LogP contribution in [0.1, 0.15) is 71.6 Å². The Hall–Kier alpha value is -0.820. The van der Waals surface area contributed by atoms with E-state index in [0.29, 0.717) is 0 Å². The van der Waals surface area contributed by atoms with Crippen molar-refractivity contribution >= 4 is 0 Å². The Morgan fingerprint density at radius 2 is 1.47 bits per heavy atom. The highest BCUT2D eigenvalue weighted by atomic mass is 16.3. The van der Waals surface area contributed by atoms with Crippen LogP contribution in [0, 0.1) is 0 Å². The number of aliphatic hydroxyl groups excluding tert-OH is 1. The minimum Gasteiger partial charge on any atom is -0.389 e. The van der Waals surface area contributed by atoms with Crippen molar-refractivity contribution in [1.82, 2.24) is 0 Å². The molecule has 1 unspecified atom stereocenters. The molecule has 0 aromatic rings. The van der Waals surface area contributed by atoms with E-state index < -0.39 is 0 Å². The molecule has 0 heterocycles. The topological polar surface area (TPSA) is 20.2 Å². The zero-order valence-electron chi connectivity index (χ0n) is 12.9. The standard InChI is InChI=1S/C18H32O/c1-3-5-7-9-10-11-12-13-15-17-18(19)16-14-8-6-4-2/h10-11,13-16,18-19H,3-9,12,17H2,1-2H3/b11-10-,15-13-,16-14+. The van der Waals surface area contributed by atoms with Gasteiger partial charge in [0.2, 0.25) is 0 Å². The third kappa shape index (κ3) is 15.1. The van der Waals surface area contributed by atoms with Crippen LogP contribution in [0.15, 0.2) is 36.5 Å². The quantitative estimate of drug-likeness (QED) is 0.361. The fourth-order valence-corrected chi connectivity index (χ4v) is 1.79. The van der Waals surface area contributed by atoms with Gasteiger partial charge in [-0.25, -0.2) is 0 Å². The van der Waals surface area contributed by atoms with Crippen molar-refractivity contribution in [2.75, 3.05) is 0 Å². The summed E-state index contributed by atoms with van der Waals surface area (Å²) in [6.07, 6.45) is 22.7. The van der Waals surface area contributed by atoms with Crippen LogP contribution in [0.3, 0.4) is 0 Å². The second kappa shape index (κ2) is 15.2. The van der Waals surface area contributed by atoms with Crippen LogP contribution in [-0.2, 0) is 0 Å². The van der Waals surface area contributed by atoms with Crippen molar-refractivity contribution in [3.8, 4) is 0 Å². The second-order valence-electron chi connectivity index (χ2n) is 5.05. The van der Waals surface area contributed by atoms with Crippen molar-refractivity contribution in [3.05, 3.63) is 36.5 Å². The first-order chi connectivity index (χ1) is 9.31. The third-order valence-electron chi connectivity index (χ3n) is 3.04. The molecule has 0 amide bonds. The maximum atomic E-state index is 9.69. The van der Waals surface area contributed by atoms with Crippen molar-refractivity contribution in [3.63, 3.8) is 0 Å². The Bertz CT molecular complexity index is 250. The Morgan fingerprint density at radius 1 is 0.789 bits per heavy atom. The maximum Gasteiger partial charge on any atom is 0.0755 e. The summed E-state index contributed by atoms with van der Waals surface area (Å²) in [6, 6.07) is 0. The van der Waals surface area contributed by atoms with E-state index in [0.717, 1.165) is 19.3 Å². The monoisotopic (exact) mass is 264 g/mol.